The Morgan fingerprint density at radius 2 is 1.76 bits per heavy atom. The second-order valence-electron chi connectivity index (χ2n) is 5.13. The van der Waals surface area contributed by atoms with E-state index >= 15 is 0 Å². The summed E-state index contributed by atoms with van der Waals surface area (Å²) in [7, 11) is 0. The van der Waals surface area contributed by atoms with E-state index in [1.807, 2.05) is 12.1 Å². The van der Waals surface area contributed by atoms with Crippen LogP contribution in [-0.2, 0) is 20.7 Å². The minimum Gasteiger partial charge on any atom is -0.455 e. The first-order valence-corrected chi connectivity index (χ1v) is 8.94. The van der Waals surface area contributed by atoms with E-state index in [1.54, 1.807) is 24.3 Å². The summed E-state index contributed by atoms with van der Waals surface area (Å²) in [5, 5.41) is 3.28. The van der Waals surface area contributed by atoms with Gasteiger partial charge in [-0.3, -0.25) is 9.59 Å². The van der Waals surface area contributed by atoms with Crippen LogP contribution in [0.25, 0.3) is 0 Å². The van der Waals surface area contributed by atoms with Crippen LogP contribution in [0.5, 0.6) is 0 Å². The summed E-state index contributed by atoms with van der Waals surface area (Å²) < 4.78 is 17.7. The highest BCUT2D eigenvalue weighted by Gasteiger charge is 2.08. The predicted octanol–water partition coefficient (Wildman–Crippen LogP) is 3.47. The molecule has 2 rings (SSSR count). The Bertz CT molecular complexity index is 707. The Balaban J connectivity index is 1.59. The van der Waals surface area contributed by atoms with Crippen molar-refractivity contribution in [1.29, 1.82) is 0 Å². The number of hydrogen-bond acceptors (Lipinski definition) is 4. The molecule has 0 saturated carbocycles. The number of esters is 1. The molecule has 0 radical (unpaired) electrons. The van der Waals surface area contributed by atoms with Crippen LogP contribution in [0.4, 0.5) is 4.39 Å². The zero-order chi connectivity index (χ0) is 18.1. The number of ether oxygens (including phenoxy) is 1. The van der Waals surface area contributed by atoms with Crippen molar-refractivity contribution in [2.75, 3.05) is 18.9 Å². The molecule has 0 aliphatic heterocycles. The van der Waals surface area contributed by atoms with Crippen molar-refractivity contribution in [2.24, 2.45) is 0 Å². The molecule has 0 aliphatic rings. The molecule has 0 fully saturated rings. The summed E-state index contributed by atoms with van der Waals surface area (Å²) >= 11 is 7.09. The molecule has 2 aromatic rings. The van der Waals surface area contributed by atoms with Crippen molar-refractivity contribution < 1.29 is 18.7 Å². The average Bonchev–Trinajstić information content (AvgIpc) is 2.61. The number of rotatable bonds is 8. The van der Waals surface area contributed by atoms with Gasteiger partial charge in [-0.2, -0.15) is 0 Å². The Hall–Kier alpha value is -2.05. The maximum Gasteiger partial charge on any atom is 0.316 e. The zero-order valence-electron chi connectivity index (χ0n) is 13.3. The molecular formula is C18H17ClFNO3S. The number of hydrogen-bond donors (Lipinski definition) is 1. The van der Waals surface area contributed by atoms with Crippen LogP contribution >= 0.6 is 23.4 Å². The Kier molecular flexibility index (Phi) is 7.76. The van der Waals surface area contributed by atoms with Gasteiger partial charge in [0.1, 0.15) is 5.82 Å². The monoisotopic (exact) mass is 381 g/mol. The Morgan fingerprint density at radius 3 is 2.44 bits per heavy atom. The van der Waals surface area contributed by atoms with Gasteiger partial charge in [-0.15, -0.1) is 11.8 Å². The molecule has 2 aromatic carbocycles. The maximum atomic E-state index is 12.8. The van der Waals surface area contributed by atoms with Gasteiger partial charge in [0.15, 0.2) is 6.61 Å². The first-order chi connectivity index (χ1) is 12.0. The molecule has 0 unspecified atom stereocenters. The standard InChI is InChI=1S/C18H17ClFNO3S/c19-14-3-7-16(8-4-14)25-12-18(23)24-11-17(22)21-10-9-13-1-5-15(20)6-2-13/h1-8H,9-12H2,(H,21,22). The lowest BCUT2D eigenvalue weighted by Crippen LogP contribution is -2.30. The van der Waals surface area contributed by atoms with Crippen LogP contribution in [-0.4, -0.2) is 30.8 Å². The smallest absolute Gasteiger partial charge is 0.316 e. The molecule has 0 spiro atoms. The number of carbonyl (C=O) groups is 2. The van der Waals surface area contributed by atoms with Crippen molar-refractivity contribution >= 4 is 35.2 Å². The van der Waals surface area contributed by atoms with Gasteiger partial charge in [0.25, 0.3) is 5.91 Å². The highest BCUT2D eigenvalue weighted by atomic mass is 35.5. The second kappa shape index (κ2) is 10.1. The fourth-order valence-corrected chi connectivity index (χ4v) is 2.73. The normalized spacial score (nSPS) is 10.3. The van der Waals surface area contributed by atoms with E-state index in [4.69, 9.17) is 16.3 Å². The SMILES string of the molecule is O=C(COC(=O)CSc1ccc(Cl)cc1)NCCc1ccc(F)cc1. The third-order valence-corrected chi connectivity index (χ3v) is 4.42. The van der Waals surface area contributed by atoms with Gasteiger partial charge in [-0.05, 0) is 48.4 Å². The summed E-state index contributed by atoms with van der Waals surface area (Å²) in [6.45, 7) is 0.0744. The minimum absolute atomic E-state index is 0.116. The lowest BCUT2D eigenvalue weighted by atomic mass is 10.1. The molecule has 0 bridgehead atoms. The maximum absolute atomic E-state index is 12.8. The topological polar surface area (TPSA) is 55.4 Å². The molecule has 0 aromatic heterocycles. The van der Waals surface area contributed by atoms with Crippen molar-refractivity contribution in [2.45, 2.75) is 11.3 Å². The molecule has 25 heavy (non-hydrogen) atoms. The average molecular weight is 382 g/mol. The molecule has 1 N–H and O–H groups in total. The number of nitrogens with one attached hydrogen (secondary N) is 1. The summed E-state index contributed by atoms with van der Waals surface area (Å²) in [4.78, 5) is 24.2. The van der Waals surface area contributed by atoms with Gasteiger partial charge in [-0.1, -0.05) is 23.7 Å². The highest BCUT2D eigenvalue weighted by molar-refractivity contribution is 8.00. The Morgan fingerprint density at radius 1 is 1.08 bits per heavy atom. The summed E-state index contributed by atoms with van der Waals surface area (Å²) in [6, 6.07) is 13.2. The van der Waals surface area contributed by atoms with Crippen LogP contribution < -0.4 is 5.32 Å². The van der Waals surface area contributed by atoms with Gasteiger partial charge in [0.2, 0.25) is 0 Å². The molecule has 0 aliphatic carbocycles. The lowest BCUT2D eigenvalue weighted by molar-refractivity contribution is -0.145. The van der Waals surface area contributed by atoms with Gasteiger partial charge >= 0.3 is 5.97 Å². The molecule has 0 atom stereocenters. The molecule has 4 nitrogen and oxygen atoms in total. The van der Waals surface area contributed by atoms with Crippen LogP contribution in [0.2, 0.25) is 5.02 Å². The van der Waals surface area contributed by atoms with Crippen LogP contribution in [0.3, 0.4) is 0 Å². The number of halogens is 2. The van der Waals surface area contributed by atoms with E-state index in [1.165, 1.54) is 23.9 Å². The van der Waals surface area contributed by atoms with Gasteiger partial charge in [0, 0.05) is 16.5 Å². The van der Waals surface area contributed by atoms with Crippen molar-refractivity contribution in [3.63, 3.8) is 0 Å². The van der Waals surface area contributed by atoms with Crippen LogP contribution in [0, 0.1) is 5.82 Å². The van der Waals surface area contributed by atoms with E-state index in [2.05, 4.69) is 5.32 Å². The number of thioether (sulfide) groups is 1. The highest BCUT2D eigenvalue weighted by Crippen LogP contribution is 2.20. The molecule has 0 saturated heterocycles. The van der Waals surface area contributed by atoms with E-state index in [9.17, 15) is 14.0 Å². The van der Waals surface area contributed by atoms with E-state index in [-0.39, 0.29) is 24.1 Å². The zero-order valence-corrected chi connectivity index (χ0v) is 14.9. The molecular weight excluding hydrogens is 365 g/mol. The quantitative estimate of drug-likeness (QED) is 0.562. The lowest BCUT2D eigenvalue weighted by Gasteiger charge is -2.07. The van der Waals surface area contributed by atoms with Gasteiger partial charge < -0.3 is 10.1 Å². The molecule has 0 heterocycles. The van der Waals surface area contributed by atoms with Crippen molar-refractivity contribution in [3.05, 3.63) is 64.9 Å². The van der Waals surface area contributed by atoms with Gasteiger partial charge in [-0.25, -0.2) is 4.39 Å². The molecule has 7 heteroatoms. The van der Waals surface area contributed by atoms with E-state index < -0.39 is 5.97 Å². The van der Waals surface area contributed by atoms with Crippen LogP contribution in [0.15, 0.2) is 53.4 Å². The predicted molar refractivity (Wildman–Crippen MR) is 96.2 cm³/mol. The summed E-state index contributed by atoms with van der Waals surface area (Å²) in [6.07, 6.45) is 0.576. The van der Waals surface area contributed by atoms with E-state index in [0.717, 1.165) is 10.5 Å². The number of amides is 1. The fourth-order valence-electron chi connectivity index (χ4n) is 1.91. The summed E-state index contributed by atoms with van der Waals surface area (Å²) in [5.41, 5.74) is 0.915. The third-order valence-electron chi connectivity index (χ3n) is 3.18. The Labute approximate surface area is 154 Å². The first-order valence-electron chi connectivity index (χ1n) is 7.58. The largest absolute Gasteiger partial charge is 0.455 e. The molecule has 1 amide bonds. The van der Waals surface area contributed by atoms with Crippen molar-refractivity contribution in [1.82, 2.24) is 5.32 Å². The third kappa shape index (κ3) is 7.58. The fraction of sp³-hybridized carbons (Fsp3) is 0.222. The second-order valence-corrected chi connectivity index (χ2v) is 6.61. The van der Waals surface area contributed by atoms with E-state index in [0.29, 0.717) is 18.0 Å². The van der Waals surface area contributed by atoms with Crippen LogP contribution in [0.1, 0.15) is 5.56 Å². The summed E-state index contributed by atoms with van der Waals surface area (Å²) in [5.74, 6) is -1.01. The van der Waals surface area contributed by atoms with Crippen molar-refractivity contribution in [3.8, 4) is 0 Å². The number of carbonyl (C=O) groups excluding carboxylic acids is 2. The first kappa shape index (κ1) is 19.3. The molecule has 132 valence electrons. The van der Waals surface area contributed by atoms with Gasteiger partial charge in [0.05, 0.1) is 5.75 Å². The number of benzene rings is 2. The minimum atomic E-state index is -0.464.